The molecular formula is C19H22O3. The van der Waals surface area contributed by atoms with Crippen LogP contribution < -0.4 is 0 Å². The summed E-state index contributed by atoms with van der Waals surface area (Å²) in [4.78, 5) is 11.5. The quantitative estimate of drug-likeness (QED) is 0.614. The van der Waals surface area contributed by atoms with Crippen molar-refractivity contribution in [2.75, 3.05) is 0 Å². The molecule has 3 nitrogen and oxygen atoms in total. The van der Waals surface area contributed by atoms with Crippen LogP contribution in [0.2, 0.25) is 0 Å². The number of hydrogen-bond donors (Lipinski definition) is 0. The van der Waals surface area contributed by atoms with E-state index in [2.05, 4.69) is 38.1 Å². The van der Waals surface area contributed by atoms with Gasteiger partial charge in [-0.05, 0) is 44.4 Å². The predicted octanol–water partition coefficient (Wildman–Crippen LogP) is 3.88. The lowest BCUT2D eigenvalue weighted by molar-refractivity contribution is -0.139. The molecule has 0 amide bonds. The fourth-order valence-corrected chi connectivity index (χ4v) is 5.06. The summed E-state index contributed by atoms with van der Waals surface area (Å²) in [6.07, 6.45) is 0. The standard InChI is InChI=1S/C19H22O3/c1-10(2)17(21-11(3)20)14-15-16(14)19(5)13-9-7-6-8-12(13)18(15,4)22-19/h6-9,14-16H,1-5H3/t14?,15-,16+,18+,19-. The van der Waals surface area contributed by atoms with Crippen molar-refractivity contribution in [1.29, 1.82) is 0 Å². The molecule has 2 heterocycles. The van der Waals surface area contributed by atoms with E-state index in [1.165, 1.54) is 18.1 Å². The smallest absolute Gasteiger partial charge is 0.307 e. The molecular weight excluding hydrogens is 276 g/mol. The van der Waals surface area contributed by atoms with Crippen molar-refractivity contribution in [3.8, 4) is 0 Å². The number of carbonyl (C=O) groups is 1. The van der Waals surface area contributed by atoms with Gasteiger partial charge in [0.25, 0.3) is 0 Å². The van der Waals surface area contributed by atoms with Gasteiger partial charge in [-0.3, -0.25) is 4.79 Å². The maximum atomic E-state index is 11.5. The molecule has 0 aromatic heterocycles. The van der Waals surface area contributed by atoms with Crippen LogP contribution in [-0.4, -0.2) is 5.97 Å². The predicted molar refractivity (Wildman–Crippen MR) is 82.8 cm³/mol. The molecule has 2 fully saturated rings. The Labute approximate surface area is 131 Å². The first-order valence-corrected chi connectivity index (χ1v) is 7.96. The average molecular weight is 298 g/mol. The Balaban J connectivity index is 1.79. The van der Waals surface area contributed by atoms with E-state index in [1.807, 2.05) is 13.8 Å². The lowest BCUT2D eigenvalue weighted by atomic mass is 9.78. The average Bonchev–Trinajstić information content (AvgIpc) is 3.09. The molecule has 22 heavy (non-hydrogen) atoms. The fourth-order valence-electron chi connectivity index (χ4n) is 5.06. The number of rotatable bonds is 2. The molecule has 0 N–H and O–H groups in total. The molecule has 1 saturated heterocycles. The van der Waals surface area contributed by atoms with Crippen LogP contribution >= 0.6 is 0 Å². The summed E-state index contributed by atoms with van der Waals surface area (Å²) >= 11 is 0. The number of hydrogen-bond acceptors (Lipinski definition) is 3. The van der Waals surface area contributed by atoms with Gasteiger partial charge in [0.05, 0.1) is 11.2 Å². The van der Waals surface area contributed by atoms with Crippen molar-refractivity contribution < 1.29 is 14.3 Å². The third-order valence-corrected chi connectivity index (χ3v) is 5.76. The maximum absolute atomic E-state index is 11.5. The number of fused-ring (bicyclic) bond motifs is 8. The van der Waals surface area contributed by atoms with Crippen LogP contribution in [0.15, 0.2) is 35.6 Å². The van der Waals surface area contributed by atoms with Crippen LogP contribution in [0, 0.1) is 17.8 Å². The van der Waals surface area contributed by atoms with E-state index in [4.69, 9.17) is 9.47 Å². The first-order chi connectivity index (χ1) is 10.3. The van der Waals surface area contributed by atoms with Gasteiger partial charge in [0.2, 0.25) is 0 Å². The van der Waals surface area contributed by atoms with Gasteiger partial charge in [-0.1, -0.05) is 24.3 Å². The second-order valence-electron chi connectivity index (χ2n) is 7.40. The third kappa shape index (κ3) is 1.48. The van der Waals surface area contributed by atoms with Gasteiger partial charge in [0, 0.05) is 24.7 Å². The molecule has 1 aliphatic carbocycles. The Morgan fingerprint density at radius 3 is 1.95 bits per heavy atom. The first-order valence-electron chi connectivity index (χ1n) is 7.96. The Hall–Kier alpha value is -1.61. The maximum Gasteiger partial charge on any atom is 0.307 e. The summed E-state index contributed by atoms with van der Waals surface area (Å²) in [5.74, 6) is 1.71. The zero-order valence-electron chi connectivity index (χ0n) is 13.8. The Kier molecular flexibility index (Phi) is 2.56. The highest BCUT2D eigenvalue weighted by Gasteiger charge is 2.79. The molecule has 1 aromatic carbocycles. The highest BCUT2D eigenvalue weighted by Crippen LogP contribution is 2.78. The van der Waals surface area contributed by atoms with Crippen LogP contribution in [0.4, 0.5) is 0 Å². The molecule has 1 aromatic rings. The van der Waals surface area contributed by atoms with Crippen molar-refractivity contribution in [2.24, 2.45) is 17.8 Å². The van der Waals surface area contributed by atoms with E-state index in [0.717, 1.165) is 11.3 Å². The minimum absolute atomic E-state index is 0.234. The molecule has 1 saturated carbocycles. The number of ether oxygens (including phenoxy) is 2. The van der Waals surface area contributed by atoms with E-state index < -0.39 is 0 Å². The second kappa shape index (κ2) is 4.02. The van der Waals surface area contributed by atoms with Gasteiger partial charge in [-0.15, -0.1) is 0 Å². The fraction of sp³-hybridized carbons (Fsp3) is 0.526. The van der Waals surface area contributed by atoms with Gasteiger partial charge >= 0.3 is 5.97 Å². The Bertz CT molecular complexity index is 674. The van der Waals surface area contributed by atoms with Gasteiger partial charge in [-0.25, -0.2) is 0 Å². The van der Waals surface area contributed by atoms with Crippen molar-refractivity contribution in [3.05, 3.63) is 46.7 Å². The summed E-state index contributed by atoms with van der Waals surface area (Å²) in [5, 5.41) is 0. The number of allylic oxidation sites excluding steroid dienone is 2. The molecule has 1 unspecified atom stereocenters. The summed E-state index contributed by atoms with van der Waals surface area (Å²) in [5.41, 5.74) is 3.17. The van der Waals surface area contributed by atoms with Gasteiger partial charge in [-0.2, -0.15) is 0 Å². The summed E-state index contributed by atoms with van der Waals surface area (Å²) in [6.45, 7) is 9.90. The normalized spacial score (nSPS) is 40.0. The third-order valence-electron chi connectivity index (χ3n) is 5.76. The van der Waals surface area contributed by atoms with Crippen molar-refractivity contribution >= 4 is 5.97 Å². The Morgan fingerprint density at radius 1 is 1.05 bits per heavy atom. The van der Waals surface area contributed by atoms with E-state index in [-0.39, 0.29) is 23.1 Å². The highest BCUT2D eigenvalue weighted by molar-refractivity contribution is 5.68. The van der Waals surface area contributed by atoms with E-state index in [9.17, 15) is 4.79 Å². The SMILES string of the molecule is CC(=O)OC(=C(C)C)C1[C@@H]2[C@H]1[C@]1(C)O[C@@]2(C)c2ccccc21. The molecule has 116 valence electrons. The molecule has 2 bridgehead atoms. The zero-order valence-corrected chi connectivity index (χ0v) is 13.8. The monoisotopic (exact) mass is 298 g/mol. The van der Waals surface area contributed by atoms with Crippen LogP contribution in [0.1, 0.15) is 45.7 Å². The molecule has 0 spiro atoms. The topological polar surface area (TPSA) is 35.5 Å². The van der Waals surface area contributed by atoms with Crippen LogP contribution in [0.25, 0.3) is 0 Å². The summed E-state index contributed by atoms with van der Waals surface area (Å²) in [7, 11) is 0. The lowest BCUT2D eigenvalue weighted by Crippen LogP contribution is -2.27. The Morgan fingerprint density at radius 2 is 1.55 bits per heavy atom. The number of benzene rings is 1. The summed E-state index contributed by atoms with van der Waals surface area (Å²) < 4.78 is 12.1. The molecule has 2 aliphatic heterocycles. The van der Waals surface area contributed by atoms with Crippen molar-refractivity contribution in [1.82, 2.24) is 0 Å². The van der Waals surface area contributed by atoms with Gasteiger partial charge in [0.15, 0.2) is 0 Å². The van der Waals surface area contributed by atoms with Crippen LogP contribution in [0.5, 0.6) is 0 Å². The van der Waals surface area contributed by atoms with E-state index >= 15 is 0 Å². The molecule has 4 rings (SSSR count). The minimum Gasteiger partial charge on any atom is -0.431 e. The van der Waals surface area contributed by atoms with Gasteiger partial charge in [0.1, 0.15) is 5.76 Å². The summed E-state index contributed by atoms with van der Waals surface area (Å²) in [6, 6.07) is 8.52. The number of esters is 1. The molecule has 0 radical (unpaired) electrons. The van der Waals surface area contributed by atoms with Crippen LogP contribution in [-0.2, 0) is 25.5 Å². The first kappa shape index (κ1) is 14.0. The molecule has 3 aliphatic rings. The second-order valence-corrected chi connectivity index (χ2v) is 7.40. The van der Waals surface area contributed by atoms with Gasteiger partial charge < -0.3 is 9.47 Å². The van der Waals surface area contributed by atoms with Crippen molar-refractivity contribution in [3.63, 3.8) is 0 Å². The van der Waals surface area contributed by atoms with Crippen molar-refractivity contribution in [2.45, 2.75) is 45.8 Å². The zero-order chi connectivity index (χ0) is 15.9. The number of carbonyl (C=O) groups excluding carboxylic acids is 1. The molecule has 3 heteroatoms. The lowest BCUT2D eigenvalue weighted by Gasteiger charge is -2.27. The van der Waals surface area contributed by atoms with E-state index in [1.54, 1.807) is 0 Å². The minimum atomic E-state index is -0.262. The molecule has 5 atom stereocenters. The highest BCUT2D eigenvalue weighted by atomic mass is 16.6. The van der Waals surface area contributed by atoms with E-state index in [0.29, 0.717) is 11.8 Å². The van der Waals surface area contributed by atoms with Crippen LogP contribution in [0.3, 0.4) is 0 Å². The largest absolute Gasteiger partial charge is 0.431 e.